The summed E-state index contributed by atoms with van der Waals surface area (Å²) in [7, 11) is 0. The number of rotatable bonds is 7. The van der Waals surface area contributed by atoms with Gasteiger partial charge in [-0.05, 0) is 49.9 Å². The topological polar surface area (TPSA) is 66.8 Å². The first kappa shape index (κ1) is 18.0. The highest BCUT2D eigenvalue weighted by Crippen LogP contribution is 2.25. The predicted octanol–water partition coefficient (Wildman–Crippen LogP) is 4.41. The number of aromatic nitrogens is 4. The lowest BCUT2D eigenvalue weighted by atomic mass is 10.1. The molecule has 3 rings (SSSR count). The molecule has 1 aromatic carbocycles. The zero-order valence-corrected chi connectivity index (χ0v) is 16.0. The van der Waals surface area contributed by atoms with Crippen LogP contribution in [0, 0.1) is 13.8 Å². The minimum atomic E-state index is 0.612. The van der Waals surface area contributed by atoms with Gasteiger partial charge in [0.15, 0.2) is 17.0 Å². The van der Waals surface area contributed by atoms with Gasteiger partial charge < -0.3 is 10.2 Å². The molecule has 26 heavy (non-hydrogen) atoms. The Balaban J connectivity index is 2.05. The monoisotopic (exact) mass is 350 g/mol. The fraction of sp³-hybridized carbons (Fsp3) is 0.400. The molecular weight excluding hydrogens is 324 g/mol. The van der Waals surface area contributed by atoms with Crippen LogP contribution in [-0.4, -0.2) is 33.0 Å². The van der Waals surface area contributed by atoms with E-state index in [2.05, 4.69) is 71.1 Å². The summed E-state index contributed by atoms with van der Waals surface area (Å²) >= 11 is 0. The van der Waals surface area contributed by atoms with Crippen LogP contribution in [-0.2, 0) is 0 Å². The Morgan fingerprint density at radius 2 is 1.65 bits per heavy atom. The van der Waals surface area contributed by atoms with Crippen molar-refractivity contribution in [2.24, 2.45) is 0 Å². The average molecular weight is 350 g/mol. The maximum Gasteiger partial charge on any atom is 0.229 e. The van der Waals surface area contributed by atoms with Gasteiger partial charge in [-0.25, -0.2) is 9.97 Å². The summed E-state index contributed by atoms with van der Waals surface area (Å²) in [6.07, 6.45) is 5.43. The van der Waals surface area contributed by atoms with Crippen LogP contribution in [0.1, 0.15) is 37.8 Å². The molecule has 0 amide bonds. The summed E-state index contributed by atoms with van der Waals surface area (Å²) in [6, 6.07) is 6.28. The molecule has 0 radical (unpaired) electrons. The van der Waals surface area contributed by atoms with Gasteiger partial charge in [0.05, 0.1) is 0 Å². The number of nitrogens with one attached hydrogen (secondary N) is 1. The third-order valence-corrected chi connectivity index (χ3v) is 4.36. The van der Waals surface area contributed by atoms with Gasteiger partial charge in [-0.3, -0.25) is 0 Å². The Hall–Kier alpha value is -2.76. The quantitative estimate of drug-likeness (QED) is 0.681. The van der Waals surface area contributed by atoms with Crippen molar-refractivity contribution >= 4 is 28.6 Å². The predicted molar refractivity (Wildman–Crippen MR) is 107 cm³/mol. The van der Waals surface area contributed by atoms with E-state index in [1.54, 1.807) is 12.4 Å². The maximum absolute atomic E-state index is 4.79. The number of fused-ring (bicyclic) bond motifs is 1. The second-order valence-corrected chi connectivity index (χ2v) is 6.51. The molecule has 0 saturated heterocycles. The molecule has 136 valence electrons. The van der Waals surface area contributed by atoms with Crippen LogP contribution in [0.4, 0.5) is 17.5 Å². The molecule has 0 spiro atoms. The molecule has 0 unspecified atom stereocenters. The van der Waals surface area contributed by atoms with Crippen molar-refractivity contribution in [3.8, 4) is 0 Å². The van der Waals surface area contributed by atoms with E-state index in [1.807, 2.05) is 0 Å². The number of anilines is 3. The minimum absolute atomic E-state index is 0.612. The van der Waals surface area contributed by atoms with Crippen LogP contribution in [0.5, 0.6) is 0 Å². The zero-order chi connectivity index (χ0) is 18.5. The highest BCUT2D eigenvalue weighted by Gasteiger charge is 2.15. The van der Waals surface area contributed by atoms with Crippen LogP contribution in [0.15, 0.2) is 30.6 Å². The van der Waals surface area contributed by atoms with Crippen molar-refractivity contribution in [2.45, 2.75) is 40.5 Å². The Morgan fingerprint density at radius 3 is 2.35 bits per heavy atom. The van der Waals surface area contributed by atoms with Gasteiger partial charge in [0.25, 0.3) is 0 Å². The summed E-state index contributed by atoms with van der Waals surface area (Å²) in [5, 5.41) is 3.41. The first-order chi connectivity index (χ1) is 12.6. The zero-order valence-electron chi connectivity index (χ0n) is 16.0. The smallest absolute Gasteiger partial charge is 0.229 e. The van der Waals surface area contributed by atoms with Crippen LogP contribution >= 0.6 is 0 Å². The largest absolute Gasteiger partial charge is 0.341 e. The summed E-state index contributed by atoms with van der Waals surface area (Å²) in [5.74, 6) is 1.39. The lowest BCUT2D eigenvalue weighted by Crippen LogP contribution is -2.27. The molecule has 2 heterocycles. The Morgan fingerprint density at radius 1 is 0.923 bits per heavy atom. The van der Waals surface area contributed by atoms with Crippen molar-refractivity contribution in [1.82, 2.24) is 19.9 Å². The fourth-order valence-corrected chi connectivity index (χ4v) is 2.89. The van der Waals surface area contributed by atoms with E-state index in [0.29, 0.717) is 22.9 Å². The highest BCUT2D eigenvalue weighted by molar-refractivity contribution is 5.85. The summed E-state index contributed by atoms with van der Waals surface area (Å²) < 4.78 is 0. The number of hydrogen-bond donors (Lipinski definition) is 1. The number of hydrogen-bond acceptors (Lipinski definition) is 6. The first-order valence-electron chi connectivity index (χ1n) is 9.20. The Bertz CT molecular complexity index is 887. The highest BCUT2D eigenvalue weighted by atomic mass is 15.3. The lowest BCUT2D eigenvalue weighted by Gasteiger charge is -2.22. The number of benzene rings is 1. The van der Waals surface area contributed by atoms with Crippen molar-refractivity contribution in [2.75, 3.05) is 23.3 Å². The molecule has 0 atom stereocenters. The number of aryl methyl sites for hydroxylation is 2. The van der Waals surface area contributed by atoms with E-state index in [-0.39, 0.29) is 0 Å². The van der Waals surface area contributed by atoms with E-state index in [9.17, 15) is 0 Å². The summed E-state index contributed by atoms with van der Waals surface area (Å²) in [4.78, 5) is 20.5. The van der Waals surface area contributed by atoms with Crippen molar-refractivity contribution < 1.29 is 0 Å². The standard InChI is InChI=1S/C20H26N6/c1-5-11-26(12-6-2)20-24-18-17(21-9-10-22-18)19(25-20)23-16-8-7-14(3)15(4)13-16/h7-10,13H,5-6,11-12H2,1-4H3,(H,22,23,24,25). The Kier molecular flexibility index (Phi) is 5.61. The van der Waals surface area contributed by atoms with Crippen molar-refractivity contribution in [3.63, 3.8) is 0 Å². The van der Waals surface area contributed by atoms with Gasteiger partial charge in [-0.1, -0.05) is 19.9 Å². The molecule has 0 aliphatic rings. The molecule has 6 heteroatoms. The molecule has 6 nitrogen and oxygen atoms in total. The third kappa shape index (κ3) is 3.90. The van der Waals surface area contributed by atoms with Gasteiger partial charge >= 0.3 is 0 Å². The molecule has 0 fully saturated rings. The van der Waals surface area contributed by atoms with Gasteiger partial charge in [-0.15, -0.1) is 0 Å². The van der Waals surface area contributed by atoms with E-state index in [4.69, 9.17) is 4.98 Å². The molecule has 1 N–H and O–H groups in total. The van der Waals surface area contributed by atoms with E-state index in [1.165, 1.54) is 11.1 Å². The van der Waals surface area contributed by atoms with Crippen LogP contribution in [0.3, 0.4) is 0 Å². The van der Waals surface area contributed by atoms with Crippen molar-refractivity contribution in [3.05, 3.63) is 41.7 Å². The third-order valence-electron chi connectivity index (χ3n) is 4.36. The average Bonchev–Trinajstić information content (AvgIpc) is 2.64. The molecule has 2 aromatic heterocycles. The first-order valence-corrected chi connectivity index (χ1v) is 9.20. The van der Waals surface area contributed by atoms with Gasteiger partial charge in [0.1, 0.15) is 0 Å². The molecule has 0 aliphatic carbocycles. The lowest BCUT2D eigenvalue weighted by molar-refractivity contribution is 0.723. The molecule has 0 aliphatic heterocycles. The minimum Gasteiger partial charge on any atom is -0.341 e. The van der Waals surface area contributed by atoms with Gasteiger partial charge in [0, 0.05) is 31.2 Å². The summed E-state index contributed by atoms with van der Waals surface area (Å²) in [6.45, 7) is 10.4. The molecule has 3 aromatic rings. The SMILES string of the molecule is CCCN(CCC)c1nc(Nc2ccc(C)c(C)c2)c2nccnc2n1. The van der Waals surface area contributed by atoms with Crippen molar-refractivity contribution in [1.29, 1.82) is 0 Å². The van der Waals surface area contributed by atoms with Crippen LogP contribution in [0.2, 0.25) is 0 Å². The van der Waals surface area contributed by atoms with E-state index < -0.39 is 0 Å². The second-order valence-electron chi connectivity index (χ2n) is 6.51. The molecular formula is C20H26N6. The second kappa shape index (κ2) is 8.08. The fourth-order valence-electron chi connectivity index (χ4n) is 2.89. The number of nitrogens with zero attached hydrogens (tertiary/aromatic N) is 5. The molecule has 0 bridgehead atoms. The van der Waals surface area contributed by atoms with E-state index in [0.717, 1.165) is 31.6 Å². The summed E-state index contributed by atoms with van der Waals surface area (Å²) in [5.41, 5.74) is 4.78. The van der Waals surface area contributed by atoms with Crippen LogP contribution in [0.25, 0.3) is 11.2 Å². The maximum atomic E-state index is 4.79. The molecule has 0 saturated carbocycles. The van der Waals surface area contributed by atoms with Gasteiger partial charge in [-0.2, -0.15) is 9.97 Å². The van der Waals surface area contributed by atoms with Crippen LogP contribution < -0.4 is 10.2 Å². The normalized spacial score (nSPS) is 10.9. The van der Waals surface area contributed by atoms with Gasteiger partial charge in [0.2, 0.25) is 5.95 Å². The Labute approximate surface area is 154 Å². The van der Waals surface area contributed by atoms with E-state index >= 15 is 0 Å².